The first-order chi connectivity index (χ1) is 10.3. The average molecular weight is 278 g/mol. The standard InChI is InChI=1S/C17H18N4/c1-13(18-2)16-12-21(20-19-16)17-11-7-6-10-15(17)14-8-4-3-5-9-14/h3-13,18H,1-2H3. The molecule has 21 heavy (non-hydrogen) atoms. The zero-order valence-electron chi connectivity index (χ0n) is 12.2. The summed E-state index contributed by atoms with van der Waals surface area (Å²) < 4.78 is 1.84. The second-order valence-electron chi connectivity index (χ2n) is 4.98. The predicted molar refractivity (Wildman–Crippen MR) is 84.3 cm³/mol. The molecular formula is C17H18N4. The fourth-order valence-corrected chi connectivity index (χ4v) is 2.28. The SMILES string of the molecule is CNC(C)c1cn(-c2ccccc2-c2ccccc2)nn1. The van der Waals surface area contributed by atoms with Crippen molar-refractivity contribution in [2.24, 2.45) is 0 Å². The molecule has 106 valence electrons. The van der Waals surface area contributed by atoms with Crippen LogP contribution in [-0.2, 0) is 0 Å². The van der Waals surface area contributed by atoms with Crippen LogP contribution >= 0.6 is 0 Å². The van der Waals surface area contributed by atoms with Gasteiger partial charge in [0.1, 0.15) is 0 Å². The van der Waals surface area contributed by atoms with E-state index in [1.165, 1.54) is 5.56 Å². The quantitative estimate of drug-likeness (QED) is 0.797. The summed E-state index contributed by atoms with van der Waals surface area (Å²) in [7, 11) is 1.92. The van der Waals surface area contributed by atoms with Crippen molar-refractivity contribution in [1.82, 2.24) is 20.3 Å². The van der Waals surface area contributed by atoms with Crippen LogP contribution in [0, 0.1) is 0 Å². The molecule has 1 heterocycles. The van der Waals surface area contributed by atoms with Crippen LogP contribution in [0.4, 0.5) is 0 Å². The molecule has 3 aromatic rings. The van der Waals surface area contributed by atoms with Gasteiger partial charge in [-0.15, -0.1) is 5.10 Å². The van der Waals surface area contributed by atoms with Crippen molar-refractivity contribution in [3.05, 3.63) is 66.5 Å². The molecule has 0 radical (unpaired) electrons. The van der Waals surface area contributed by atoms with Crippen LogP contribution in [0.5, 0.6) is 0 Å². The van der Waals surface area contributed by atoms with E-state index in [4.69, 9.17) is 0 Å². The first-order valence-corrected chi connectivity index (χ1v) is 7.04. The van der Waals surface area contributed by atoms with Crippen molar-refractivity contribution in [3.8, 4) is 16.8 Å². The smallest absolute Gasteiger partial charge is 0.0998 e. The number of nitrogens with one attached hydrogen (secondary N) is 1. The summed E-state index contributed by atoms with van der Waals surface area (Å²) in [6, 6.07) is 18.7. The van der Waals surface area contributed by atoms with Gasteiger partial charge in [-0.1, -0.05) is 53.7 Å². The molecule has 0 fully saturated rings. The maximum Gasteiger partial charge on any atom is 0.0998 e. The van der Waals surface area contributed by atoms with Crippen molar-refractivity contribution in [3.63, 3.8) is 0 Å². The molecule has 1 N–H and O–H groups in total. The molecule has 0 aliphatic heterocycles. The topological polar surface area (TPSA) is 42.7 Å². The lowest BCUT2D eigenvalue weighted by Crippen LogP contribution is -2.12. The van der Waals surface area contributed by atoms with Crippen molar-refractivity contribution >= 4 is 0 Å². The van der Waals surface area contributed by atoms with E-state index in [2.05, 4.69) is 46.8 Å². The molecule has 0 spiro atoms. The first-order valence-electron chi connectivity index (χ1n) is 7.04. The Morgan fingerprint density at radius 3 is 2.48 bits per heavy atom. The normalized spacial score (nSPS) is 12.3. The van der Waals surface area contributed by atoms with Crippen molar-refractivity contribution in [1.29, 1.82) is 0 Å². The Hall–Kier alpha value is -2.46. The summed E-state index contributed by atoms with van der Waals surface area (Å²) in [6.45, 7) is 2.07. The molecule has 0 aliphatic carbocycles. The van der Waals surface area contributed by atoms with Gasteiger partial charge >= 0.3 is 0 Å². The Morgan fingerprint density at radius 2 is 1.71 bits per heavy atom. The van der Waals surface area contributed by atoms with Gasteiger partial charge in [-0.3, -0.25) is 0 Å². The zero-order valence-corrected chi connectivity index (χ0v) is 12.2. The Morgan fingerprint density at radius 1 is 1.00 bits per heavy atom. The van der Waals surface area contributed by atoms with Gasteiger partial charge in [-0.05, 0) is 25.6 Å². The second kappa shape index (κ2) is 5.89. The third kappa shape index (κ3) is 2.71. The number of aromatic nitrogens is 3. The average Bonchev–Trinajstić information content (AvgIpc) is 3.05. The first kappa shape index (κ1) is 13.5. The summed E-state index contributed by atoms with van der Waals surface area (Å²) in [5.41, 5.74) is 4.28. The summed E-state index contributed by atoms with van der Waals surface area (Å²) in [5.74, 6) is 0. The Bertz CT molecular complexity index is 718. The molecule has 0 saturated carbocycles. The number of para-hydroxylation sites is 1. The summed E-state index contributed by atoms with van der Waals surface area (Å²) in [5, 5.41) is 11.7. The molecule has 4 nitrogen and oxygen atoms in total. The Labute approximate surface area is 124 Å². The highest BCUT2D eigenvalue weighted by atomic mass is 15.4. The van der Waals surface area contributed by atoms with Crippen LogP contribution in [-0.4, -0.2) is 22.0 Å². The summed E-state index contributed by atoms with van der Waals surface area (Å²) >= 11 is 0. The van der Waals surface area contributed by atoms with Crippen LogP contribution in [0.3, 0.4) is 0 Å². The van der Waals surface area contributed by atoms with Gasteiger partial charge in [0.05, 0.1) is 17.6 Å². The van der Waals surface area contributed by atoms with Gasteiger partial charge in [0.15, 0.2) is 0 Å². The minimum absolute atomic E-state index is 0.183. The minimum Gasteiger partial charge on any atom is -0.312 e. The summed E-state index contributed by atoms with van der Waals surface area (Å²) in [6.07, 6.45) is 1.98. The van der Waals surface area contributed by atoms with E-state index in [1.807, 2.05) is 48.3 Å². The highest BCUT2D eigenvalue weighted by molar-refractivity contribution is 5.72. The van der Waals surface area contributed by atoms with Crippen LogP contribution in [0.25, 0.3) is 16.8 Å². The number of nitrogens with zero attached hydrogens (tertiary/aromatic N) is 3. The molecule has 0 saturated heterocycles. The second-order valence-corrected chi connectivity index (χ2v) is 4.98. The van der Waals surface area contributed by atoms with Crippen molar-refractivity contribution in [2.75, 3.05) is 7.05 Å². The fraction of sp³-hybridized carbons (Fsp3) is 0.176. The highest BCUT2D eigenvalue weighted by Crippen LogP contribution is 2.26. The lowest BCUT2D eigenvalue weighted by Gasteiger charge is -2.09. The molecule has 1 aromatic heterocycles. The van der Waals surface area contributed by atoms with Gasteiger partial charge in [-0.25, -0.2) is 4.68 Å². The summed E-state index contributed by atoms with van der Waals surface area (Å²) in [4.78, 5) is 0. The van der Waals surface area contributed by atoms with E-state index in [-0.39, 0.29) is 6.04 Å². The maximum atomic E-state index is 4.27. The van der Waals surface area contributed by atoms with Crippen molar-refractivity contribution in [2.45, 2.75) is 13.0 Å². The third-order valence-corrected chi connectivity index (χ3v) is 3.62. The molecular weight excluding hydrogens is 260 g/mol. The molecule has 1 unspecified atom stereocenters. The monoisotopic (exact) mass is 278 g/mol. The Balaban J connectivity index is 2.05. The van der Waals surface area contributed by atoms with Gasteiger partial charge < -0.3 is 5.32 Å². The van der Waals surface area contributed by atoms with Gasteiger partial charge in [0, 0.05) is 11.6 Å². The number of hydrogen-bond donors (Lipinski definition) is 1. The molecule has 0 aliphatic rings. The van der Waals surface area contributed by atoms with Crippen LogP contribution in [0.2, 0.25) is 0 Å². The van der Waals surface area contributed by atoms with Crippen LogP contribution in [0.15, 0.2) is 60.8 Å². The van der Waals surface area contributed by atoms with Crippen LogP contribution in [0.1, 0.15) is 18.7 Å². The zero-order chi connectivity index (χ0) is 14.7. The van der Waals surface area contributed by atoms with E-state index in [9.17, 15) is 0 Å². The molecule has 1 atom stereocenters. The van der Waals surface area contributed by atoms with Gasteiger partial charge in [-0.2, -0.15) is 0 Å². The van der Waals surface area contributed by atoms with E-state index < -0.39 is 0 Å². The van der Waals surface area contributed by atoms with Crippen molar-refractivity contribution < 1.29 is 0 Å². The third-order valence-electron chi connectivity index (χ3n) is 3.62. The fourth-order valence-electron chi connectivity index (χ4n) is 2.28. The molecule has 3 rings (SSSR count). The lowest BCUT2D eigenvalue weighted by molar-refractivity contribution is 0.630. The van der Waals surface area contributed by atoms with E-state index in [0.29, 0.717) is 0 Å². The maximum absolute atomic E-state index is 4.27. The molecule has 0 bridgehead atoms. The van der Waals surface area contributed by atoms with Gasteiger partial charge in [0.25, 0.3) is 0 Å². The van der Waals surface area contributed by atoms with Crippen LogP contribution < -0.4 is 5.32 Å². The molecule has 0 amide bonds. The highest BCUT2D eigenvalue weighted by Gasteiger charge is 2.11. The largest absolute Gasteiger partial charge is 0.312 e. The lowest BCUT2D eigenvalue weighted by atomic mass is 10.0. The number of hydrogen-bond acceptors (Lipinski definition) is 3. The Kier molecular flexibility index (Phi) is 3.79. The molecule has 4 heteroatoms. The molecule has 2 aromatic carbocycles. The minimum atomic E-state index is 0.183. The predicted octanol–water partition coefficient (Wildman–Crippen LogP) is 3.21. The number of rotatable bonds is 4. The van der Waals surface area contributed by atoms with E-state index in [0.717, 1.165) is 16.9 Å². The van der Waals surface area contributed by atoms with Gasteiger partial charge in [0.2, 0.25) is 0 Å². The van der Waals surface area contributed by atoms with E-state index in [1.54, 1.807) is 0 Å². The number of benzene rings is 2. The van der Waals surface area contributed by atoms with E-state index >= 15 is 0 Å².